The van der Waals surface area contributed by atoms with Crippen molar-refractivity contribution in [1.82, 2.24) is 4.90 Å². The third-order valence-corrected chi connectivity index (χ3v) is 3.92. The predicted octanol–water partition coefficient (Wildman–Crippen LogP) is 5.06. The smallest absolute Gasteiger partial charge is 0.259 e. The summed E-state index contributed by atoms with van der Waals surface area (Å²) in [4.78, 5) is 1.13. The van der Waals surface area contributed by atoms with E-state index in [1.807, 2.05) is 13.8 Å². The van der Waals surface area contributed by atoms with Crippen LogP contribution in [0.1, 0.15) is 65.2 Å². The highest BCUT2D eigenvalue weighted by molar-refractivity contribution is 4.89. The van der Waals surface area contributed by atoms with Gasteiger partial charge in [-0.2, -0.15) is 13.2 Å². The molecule has 0 spiro atoms. The zero-order chi connectivity index (χ0) is 14.5. The molecule has 0 saturated carbocycles. The summed E-state index contributed by atoms with van der Waals surface area (Å²) >= 11 is 0. The van der Waals surface area contributed by atoms with Crippen molar-refractivity contribution in [3.8, 4) is 0 Å². The molecule has 0 aliphatic carbocycles. The van der Waals surface area contributed by atoms with Gasteiger partial charge in [0.15, 0.2) is 6.30 Å². The van der Waals surface area contributed by atoms with Crippen molar-refractivity contribution in [2.75, 3.05) is 0 Å². The Morgan fingerprint density at radius 3 is 2.32 bits per heavy atom. The molecular formula is C14H25F4N. The van der Waals surface area contributed by atoms with Crippen LogP contribution in [0.5, 0.6) is 0 Å². The molecule has 19 heavy (non-hydrogen) atoms. The average molecular weight is 283 g/mol. The fraction of sp³-hybridized carbons (Fsp3) is 1.00. The van der Waals surface area contributed by atoms with Gasteiger partial charge in [-0.15, -0.1) is 0 Å². The quantitative estimate of drug-likeness (QED) is 0.486. The van der Waals surface area contributed by atoms with Crippen molar-refractivity contribution in [3.05, 3.63) is 0 Å². The van der Waals surface area contributed by atoms with E-state index in [0.29, 0.717) is 19.3 Å². The molecule has 0 radical (unpaired) electrons. The SMILES string of the molecule is CCCCC(CCC)N1C(F)CCCC1C(F)(F)F. The number of hydrogen-bond acceptors (Lipinski definition) is 1. The molecule has 1 aliphatic rings. The zero-order valence-corrected chi connectivity index (χ0v) is 11.8. The van der Waals surface area contributed by atoms with Crippen molar-refractivity contribution < 1.29 is 17.6 Å². The molecule has 5 heteroatoms. The Morgan fingerprint density at radius 1 is 1.11 bits per heavy atom. The predicted molar refractivity (Wildman–Crippen MR) is 68.7 cm³/mol. The molecule has 0 bridgehead atoms. The maximum atomic E-state index is 14.1. The molecule has 0 aromatic carbocycles. The summed E-state index contributed by atoms with van der Waals surface area (Å²) in [5, 5.41) is 0. The van der Waals surface area contributed by atoms with E-state index in [1.165, 1.54) is 0 Å². The molecule has 1 nitrogen and oxygen atoms in total. The minimum Gasteiger partial charge on any atom is -0.259 e. The Labute approximate surface area is 113 Å². The Kier molecular flexibility index (Phi) is 6.57. The number of unbranched alkanes of at least 4 members (excludes halogenated alkanes) is 1. The van der Waals surface area contributed by atoms with Crippen LogP contribution < -0.4 is 0 Å². The lowest BCUT2D eigenvalue weighted by Gasteiger charge is -2.44. The number of hydrogen-bond donors (Lipinski definition) is 0. The van der Waals surface area contributed by atoms with E-state index >= 15 is 0 Å². The largest absolute Gasteiger partial charge is 0.404 e. The number of halogens is 4. The summed E-state index contributed by atoms with van der Waals surface area (Å²) in [6.45, 7) is 3.95. The van der Waals surface area contributed by atoms with Crippen molar-refractivity contribution in [2.24, 2.45) is 0 Å². The van der Waals surface area contributed by atoms with Gasteiger partial charge in [0.05, 0.1) is 0 Å². The Balaban J connectivity index is 2.85. The van der Waals surface area contributed by atoms with Crippen LogP contribution in [-0.2, 0) is 0 Å². The first kappa shape index (κ1) is 16.7. The topological polar surface area (TPSA) is 3.24 Å². The highest BCUT2D eigenvalue weighted by Crippen LogP contribution is 2.38. The Bertz CT molecular complexity index is 254. The van der Waals surface area contributed by atoms with Crippen LogP contribution in [0.25, 0.3) is 0 Å². The monoisotopic (exact) mass is 283 g/mol. The van der Waals surface area contributed by atoms with Gasteiger partial charge in [-0.25, -0.2) is 4.39 Å². The van der Waals surface area contributed by atoms with Crippen LogP contribution >= 0.6 is 0 Å². The van der Waals surface area contributed by atoms with Crippen molar-refractivity contribution >= 4 is 0 Å². The zero-order valence-electron chi connectivity index (χ0n) is 11.8. The summed E-state index contributed by atoms with van der Waals surface area (Å²) in [5.41, 5.74) is 0. The van der Waals surface area contributed by atoms with Crippen LogP contribution in [0.4, 0.5) is 17.6 Å². The normalized spacial score (nSPS) is 27.5. The summed E-state index contributed by atoms with van der Waals surface area (Å²) in [6, 6.07) is -1.86. The van der Waals surface area contributed by atoms with E-state index in [-0.39, 0.29) is 18.9 Å². The maximum absolute atomic E-state index is 14.1. The first-order valence-corrected chi connectivity index (χ1v) is 7.40. The summed E-state index contributed by atoms with van der Waals surface area (Å²) in [6.07, 6.45) is -1.26. The van der Waals surface area contributed by atoms with E-state index in [0.717, 1.165) is 24.2 Å². The summed E-state index contributed by atoms with van der Waals surface area (Å²) in [7, 11) is 0. The molecular weight excluding hydrogens is 258 g/mol. The lowest BCUT2D eigenvalue weighted by molar-refractivity contribution is -0.218. The second kappa shape index (κ2) is 7.46. The molecule has 1 saturated heterocycles. The van der Waals surface area contributed by atoms with Gasteiger partial charge in [-0.1, -0.05) is 33.1 Å². The highest BCUT2D eigenvalue weighted by atomic mass is 19.4. The average Bonchev–Trinajstić information content (AvgIpc) is 2.33. The Hall–Kier alpha value is -0.320. The van der Waals surface area contributed by atoms with Gasteiger partial charge in [0.25, 0.3) is 0 Å². The minimum absolute atomic E-state index is 0.0380. The number of nitrogens with zero attached hydrogens (tertiary/aromatic N) is 1. The number of rotatable bonds is 6. The van der Waals surface area contributed by atoms with E-state index in [9.17, 15) is 17.6 Å². The molecule has 0 aromatic heterocycles. The third kappa shape index (κ3) is 4.62. The highest BCUT2D eigenvalue weighted by Gasteiger charge is 2.49. The molecule has 114 valence electrons. The first-order valence-electron chi connectivity index (χ1n) is 7.40. The fourth-order valence-corrected chi connectivity index (χ4v) is 3.00. The van der Waals surface area contributed by atoms with Crippen molar-refractivity contribution in [2.45, 2.75) is 89.8 Å². The molecule has 0 N–H and O–H groups in total. The third-order valence-electron chi connectivity index (χ3n) is 3.92. The van der Waals surface area contributed by atoms with Crippen molar-refractivity contribution in [1.29, 1.82) is 0 Å². The lowest BCUT2D eigenvalue weighted by Crippen LogP contribution is -2.56. The fourth-order valence-electron chi connectivity index (χ4n) is 3.00. The molecule has 3 atom stereocenters. The summed E-state index contributed by atoms with van der Waals surface area (Å²) < 4.78 is 53.3. The van der Waals surface area contributed by atoms with Gasteiger partial charge < -0.3 is 0 Å². The molecule has 0 aromatic rings. The Morgan fingerprint density at radius 2 is 1.79 bits per heavy atom. The molecule has 0 amide bonds. The molecule has 1 heterocycles. The molecule has 3 unspecified atom stereocenters. The maximum Gasteiger partial charge on any atom is 0.404 e. The van der Waals surface area contributed by atoms with Gasteiger partial charge in [-0.3, -0.25) is 4.90 Å². The first-order chi connectivity index (χ1) is 8.91. The van der Waals surface area contributed by atoms with Gasteiger partial charge >= 0.3 is 6.18 Å². The van der Waals surface area contributed by atoms with Crippen LogP contribution in [-0.4, -0.2) is 29.5 Å². The molecule has 1 rings (SSSR count). The van der Waals surface area contributed by atoms with Gasteiger partial charge in [0.2, 0.25) is 0 Å². The minimum atomic E-state index is -4.32. The molecule has 1 fully saturated rings. The van der Waals surface area contributed by atoms with Crippen LogP contribution in [0, 0.1) is 0 Å². The number of piperidine rings is 1. The number of likely N-dealkylation sites (tertiary alicyclic amines) is 1. The van der Waals surface area contributed by atoms with Crippen LogP contribution in [0.3, 0.4) is 0 Å². The van der Waals surface area contributed by atoms with Crippen LogP contribution in [0.2, 0.25) is 0 Å². The summed E-state index contributed by atoms with van der Waals surface area (Å²) in [5.74, 6) is 0. The van der Waals surface area contributed by atoms with Gasteiger partial charge in [-0.05, 0) is 32.1 Å². The second-order valence-corrected chi connectivity index (χ2v) is 5.45. The van der Waals surface area contributed by atoms with E-state index in [4.69, 9.17) is 0 Å². The second-order valence-electron chi connectivity index (χ2n) is 5.45. The van der Waals surface area contributed by atoms with E-state index in [2.05, 4.69) is 0 Å². The van der Waals surface area contributed by atoms with Crippen molar-refractivity contribution in [3.63, 3.8) is 0 Å². The van der Waals surface area contributed by atoms with Crippen LogP contribution in [0.15, 0.2) is 0 Å². The van der Waals surface area contributed by atoms with E-state index < -0.39 is 18.5 Å². The standard InChI is InChI=1S/C14H25F4N/c1-3-5-8-11(7-4-2)19-12(14(16,17)18)9-6-10-13(19)15/h11-13H,3-10H2,1-2H3. The van der Waals surface area contributed by atoms with Gasteiger partial charge in [0, 0.05) is 6.04 Å². The lowest BCUT2D eigenvalue weighted by atomic mass is 9.94. The van der Waals surface area contributed by atoms with Gasteiger partial charge in [0.1, 0.15) is 6.04 Å². The molecule has 1 aliphatic heterocycles. The number of alkyl halides is 4. The van der Waals surface area contributed by atoms with E-state index in [1.54, 1.807) is 0 Å².